The number of aryl methyl sites for hydroxylation is 1. The first-order valence-corrected chi connectivity index (χ1v) is 4.12. The molecule has 0 radical (unpaired) electrons. The Morgan fingerprint density at radius 1 is 1.50 bits per heavy atom. The number of rotatable bonds is 2. The highest BCUT2D eigenvalue weighted by Crippen LogP contribution is 2.19. The maximum absolute atomic E-state index is 12.9. The van der Waals surface area contributed by atoms with Crippen molar-refractivity contribution < 1.29 is 4.39 Å². The van der Waals surface area contributed by atoms with E-state index in [1.165, 1.54) is 6.07 Å². The summed E-state index contributed by atoms with van der Waals surface area (Å²) < 4.78 is 12.9. The first-order chi connectivity index (χ1) is 5.65. The molecule has 0 bridgehead atoms. The average Bonchev–Trinajstić information content (AvgIpc) is 2.01. The molecular weight excluding hydrogens is 177 g/mol. The van der Waals surface area contributed by atoms with Crippen molar-refractivity contribution in [2.24, 2.45) is 0 Å². The summed E-state index contributed by atoms with van der Waals surface area (Å²) in [5.41, 5.74) is 1.95. The molecule has 0 aliphatic heterocycles. The third-order valence-corrected chi connectivity index (χ3v) is 2.04. The van der Waals surface area contributed by atoms with Crippen LogP contribution in [0.4, 0.5) is 4.39 Å². The summed E-state index contributed by atoms with van der Waals surface area (Å²) in [6.07, 6.45) is 0. The van der Waals surface area contributed by atoms with Crippen molar-refractivity contribution in [2.75, 3.05) is 7.05 Å². The van der Waals surface area contributed by atoms with Crippen LogP contribution in [0.25, 0.3) is 0 Å². The van der Waals surface area contributed by atoms with Gasteiger partial charge in [-0.2, -0.15) is 0 Å². The molecule has 0 aromatic heterocycles. The highest BCUT2D eigenvalue weighted by Gasteiger charge is 2.03. The van der Waals surface area contributed by atoms with Crippen LogP contribution in [-0.4, -0.2) is 7.05 Å². The fourth-order valence-electron chi connectivity index (χ4n) is 1.07. The summed E-state index contributed by atoms with van der Waals surface area (Å²) in [5, 5.41) is 3.15. The smallest absolute Gasteiger partial charge is 0.142 e. The van der Waals surface area contributed by atoms with E-state index in [0.29, 0.717) is 6.54 Å². The quantitative estimate of drug-likeness (QED) is 0.750. The topological polar surface area (TPSA) is 12.0 Å². The van der Waals surface area contributed by atoms with Gasteiger partial charge in [-0.15, -0.1) is 0 Å². The van der Waals surface area contributed by atoms with Gasteiger partial charge in [-0.3, -0.25) is 0 Å². The van der Waals surface area contributed by atoms with Crippen LogP contribution in [0.2, 0.25) is 5.02 Å². The Bertz CT molecular complexity index is 286. The van der Waals surface area contributed by atoms with Gasteiger partial charge in [0.05, 0.1) is 5.02 Å². The van der Waals surface area contributed by atoms with E-state index >= 15 is 0 Å². The summed E-state index contributed by atoms with van der Waals surface area (Å²) in [6, 6.07) is 3.11. The van der Waals surface area contributed by atoms with Gasteiger partial charge < -0.3 is 5.32 Å². The van der Waals surface area contributed by atoms with Crippen LogP contribution in [0.3, 0.4) is 0 Å². The Morgan fingerprint density at radius 3 is 2.75 bits per heavy atom. The van der Waals surface area contributed by atoms with E-state index in [1.807, 2.05) is 14.0 Å². The minimum atomic E-state index is -0.354. The molecular formula is C9H11ClFN. The molecule has 66 valence electrons. The zero-order valence-electron chi connectivity index (χ0n) is 7.12. The van der Waals surface area contributed by atoms with Crippen LogP contribution < -0.4 is 5.32 Å². The summed E-state index contributed by atoms with van der Waals surface area (Å²) >= 11 is 5.59. The molecule has 0 spiro atoms. The SMILES string of the molecule is CNCc1cc(F)c(Cl)cc1C. The molecule has 0 fully saturated rings. The van der Waals surface area contributed by atoms with Gasteiger partial charge in [0.25, 0.3) is 0 Å². The predicted octanol–water partition coefficient (Wildman–Crippen LogP) is 2.51. The Kier molecular flexibility index (Phi) is 3.06. The third kappa shape index (κ3) is 1.96. The van der Waals surface area contributed by atoms with Crippen LogP contribution in [0.1, 0.15) is 11.1 Å². The van der Waals surface area contributed by atoms with Gasteiger partial charge in [0.15, 0.2) is 0 Å². The monoisotopic (exact) mass is 187 g/mol. The van der Waals surface area contributed by atoms with Crippen LogP contribution in [0, 0.1) is 12.7 Å². The van der Waals surface area contributed by atoms with Gasteiger partial charge in [-0.05, 0) is 37.2 Å². The van der Waals surface area contributed by atoms with E-state index in [2.05, 4.69) is 5.32 Å². The second-order valence-electron chi connectivity index (χ2n) is 2.72. The Morgan fingerprint density at radius 2 is 2.17 bits per heavy atom. The molecule has 0 saturated heterocycles. The summed E-state index contributed by atoms with van der Waals surface area (Å²) in [7, 11) is 1.83. The molecule has 1 N–H and O–H groups in total. The molecule has 1 nitrogen and oxygen atoms in total. The van der Waals surface area contributed by atoms with Crippen LogP contribution >= 0.6 is 11.6 Å². The molecule has 1 rings (SSSR count). The van der Waals surface area contributed by atoms with Gasteiger partial charge in [0.2, 0.25) is 0 Å². The molecule has 0 atom stereocenters. The van der Waals surface area contributed by atoms with Gasteiger partial charge in [0, 0.05) is 6.54 Å². The molecule has 0 unspecified atom stereocenters. The largest absolute Gasteiger partial charge is 0.316 e. The van der Waals surface area contributed by atoms with Gasteiger partial charge in [0.1, 0.15) is 5.82 Å². The lowest BCUT2D eigenvalue weighted by Crippen LogP contribution is -2.06. The summed E-state index contributed by atoms with van der Waals surface area (Å²) in [5.74, 6) is -0.354. The normalized spacial score (nSPS) is 10.3. The van der Waals surface area contributed by atoms with Crippen molar-refractivity contribution in [3.63, 3.8) is 0 Å². The molecule has 0 amide bonds. The zero-order valence-corrected chi connectivity index (χ0v) is 7.87. The van der Waals surface area contributed by atoms with Crippen molar-refractivity contribution in [1.82, 2.24) is 5.32 Å². The predicted molar refractivity (Wildman–Crippen MR) is 48.9 cm³/mol. The second kappa shape index (κ2) is 3.87. The second-order valence-corrected chi connectivity index (χ2v) is 3.13. The maximum Gasteiger partial charge on any atom is 0.142 e. The Labute approximate surface area is 76.5 Å². The molecule has 12 heavy (non-hydrogen) atoms. The highest BCUT2D eigenvalue weighted by molar-refractivity contribution is 6.30. The van der Waals surface area contributed by atoms with Crippen molar-refractivity contribution in [3.8, 4) is 0 Å². The molecule has 0 saturated carbocycles. The average molecular weight is 188 g/mol. The highest BCUT2D eigenvalue weighted by atomic mass is 35.5. The summed E-state index contributed by atoms with van der Waals surface area (Å²) in [4.78, 5) is 0. The third-order valence-electron chi connectivity index (χ3n) is 1.75. The van der Waals surface area contributed by atoms with Crippen molar-refractivity contribution in [1.29, 1.82) is 0 Å². The lowest BCUT2D eigenvalue weighted by molar-refractivity contribution is 0.623. The fraction of sp³-hybridized carbons (Fsp3) is 0.333. The molecule has 0 heterocycles. The maximum atomic E-state index is 12.9. The molecule has 3 heteroatoms. The minimum Gasteiger partial charge on any atom is -0.316 e. The summed E-state index contributed by atoms with van der Waals surface area (Å²) in [6.45, 7) is 2.58. The standard InChI is InChI=1S/C9H11ClFN/c1-6-3-8(10)9(11)4-7(6)5-12-2/h3-4,12H,5H2,1-2H3. The van der Waals surface area contributed by atoms with E-state index in [-0.39, 0.29) is 10.8 Å². The van der Waals surface area contributed by atoms with E-state index in [1.54, 1.807) is 6.07 Å². The minimum absolute atomic E-state index is 0.187. The lowest BCUT2D eigenvalue weighted by Gasteiger charge is -2.05. The van der Waals surface area contributed by atoms with Gasteiger partial charge in [-0.1, -0.05) is 11.6 Å². The van der Waals surface area contributed by atoms with E-state index in [9.17, 15) is 4.39 Å². The Balaban J connectivity index is 3.05. The van der Waals surface area contributed by atoms with E-state index < -0.39 is 0 Å². The van der Waals surface area contributed by atoms with Gasteiger partial charge >= 0.3 is 0 Å². The molecule has 0 aliphatic carbocycles. The van der Waals surface area contributed by atoms with Crippen molar-refractivity contribution >= 4 is 11.6 Å². The number of hydrogen-bond donors (Lipinski definition) is 1. The first kappa shape index (κ1) is 9.49. The lowest BCUT2D eigenvalue weighted by atomic mass is 10.1. The first-order valence-electron chi connectivity index (χ1n) is 3.74. The van der Waals surface area contributed by atoms with Crippen LogP contribution in [-0.2, 0) is 6.54 Å². The van der Waals surface area contributed by atoms with Crippen LogP contribution in [0.5, 0.6) is 0 Å². The number of benzene rings is 1. The molecule has 0 aliphatic rings. The van der Waals surface area contributed by atoms with E-state index in [4.69, 9.17) is 11.6 Å². The van der Waals surface area contributed by atoms with E-state index in [0.717, 1.165) is 11.1 Å². The van der Waals surface area contributed by atoms with Gasteiger partial charge in [-0.25, -0.2) is 4.39 Å². The molecule has 1 aromatic carbocycles. The number of nitrogens with one attached hydrogen (secondary N) is 1. The number of hydrogen-bond acceptors (Lipinski definition) is 1. The number of halogens is 2. The molecule has 1 aromatic rings. The van der Waals surface area contributed by atoms with Crippen molar-refractivity contribution in [3.05, 3.63) is 34.1 Å². The fourth-order valence-corrected chi connectivity index (χ4v) is 1.29. The van der Waals surface area contributed by atoms with Crippen LogP contribution in [0.15, 0.2) is 12.1 Å². The van der Waals surface area contributed by atoms with Crippen molar-refractivity contribution in [2.45, 2.75) is 13.5 Å². The Hall–Kier alpha value is -0.600. The zero-order chi connectivity index (χ0) is 9.14.